The Morgan fingerprint density at radius 2 is 1.68 bits per heavy atom. The van der Waals surface area contributed by atoms with Crippen molar-refractivity contribution in [3.8, 4) is 0 Å². The Morgan fingerprint density at radius 3 is 2.33 bits per heavy atom. The summed E-state index contributed by atoms with van der Waals surface area (Å²) < 4.78 is 10.0. The number of pyridine rings is 1. The lowest BCUT2D eigenvalue weighted by atomic mass is 10.1. The molecule has 3 aromatic rings. The second-order valence-corrected chi connectivity index (χ2v) is 10.5. The van der Waals surface area contributed by atoms with Gasteiger partial charge in [0.2, 0.25) is 0 Å². The number of ether oxygens (including phenoxy) is 2. The second kappa shape index (κ2) is 13.7. The van der Waals surface area contributed by atoms with Gasteiger partial charge >= 0.3 is 12.1 Å². The van der Waals surface area contributed by atoms with Crippen molar-refractivity contribution in [2.45, 2.75) is 32.4 Å². The number of benzene rings is 1. The second-order valence-electron chi connectivity index (χ2n) is 9.54. The number of nitrogens with zero attached hydrogens (tertiary/aromatic N) is 4. The van der Waals surface area contributed by atoms with E-state index in [2.05, 4.69) is 25.4 Å². The zero-order chi connectivity index (χ0) is 28.5. The number of amides is 2. The maximum atomic E-state index is 13.2. The van der Waals surface area contributed by atoms with Gasteiger partial charge in [-0.25, -0.2) is 14.6 Å². The minimum absolute atomic E-state index is 0.0198. The van der Waals surface area contributed by atoms with Crippen molar-refractivity contribution in [2.75, 3.05) is 49.6 Å². The number of nitrogens with one attached hydrogen (secondary N) is 2. The van der Waals surface area contributed by atoms with Crippen molar-refractivity contribution in [3.63, 3.8) is 0 Å². The van der Waals surface area contributed by atoms with E-state index in [1.54, 1.807) is 12.4 Å². The Balaban J connectivity index is 1.36. The summed E-state index contributed by atoms with van der Waals surface area (Å²) in [4.78, 5) is 51.7. The van der Waals surface area contributed by atoms with Crippen molar-refractivity contribution < 1.29 is 23.9 Å². The summed E-state index contributed by atoms with van der Waals surface area (Å²) in [5.74, 6) is -1.04. The van der Waals surface area contributed by atoms with E-state index in [0.29, 0.717) is 10.6 Å². The Hall–Kier alpha value is -4.19. The molecular formula is C28H34N6O5S. The third-order valence-electron chi connectivity index (χ3n) is 6.43. The van der Waals surface area contributed by atoms with Crippen molar-refractivity contribution in [2.24, 2.45) is 0 Å². The van der Waals surface area contributed by atoms with Crippen LogP contribution in [0.15, 0.2) is 54.9 Å². The van der Waals surface area contributed by atoms with Gasteiger partial charge in [0.15, 0.2) is 5.13 Å². The van der Waals surface area contributed by atoms with Gasteiger partial charge in [0.25, 0.3) is 5.91 Å². The van der Waals surface area contributed by atoms with E-state index in [9.17, 15) is 14.4 Å². The van der Waals surface area contributed by atoms with Gasteiger partial charge in [0.1, 0.15) is 17.5 Å². The number of aromatic nitrogens is 2. The molecule has 2 N–H and O–H groups in total. The first-order valence-electron chi connectivity index (χ1n) is 13.1. The molecule has 12 heteroatoms. The number of hydrogen-bond donors (Lipinski definition) is 2. The summed E-state index contributed by atoms with van der Waals surface area (Å²) in [6.45, 7) is 7.05. The largest absolute Gasteiger partial charge is 0.467 e. The van der Waals surface area contributed by atoms with Crippen LogP contribution in [0.25, 0.3) is 0 Å². The van der Waals surface area contributed by atoms with Crippen LogP contribution in [0.4, 0.5) is 15.6 Å². The average molecular weight is 567 g/mol. The molecule has 1 atom stereocenters. The highest BCUT2D eigenvalue weighted by atomic mass is 32.1. The van der Waals surface area contributed by atoms with Crippen LogP contribution >= 0.6 is 11.3 Å². The first-order chi connectivity index (χ1) is 19.4. The van der Waals surface area contributed by atoms with E-state index < -0.39 is 18.1 Å². The summed E-state index contributed by atoms with van der Waals surface area (Å²) >= 11 is 1.33. The van der Waals surface area contributed by atoms with Crippen molar-refractivity contribution in [1.29, 1.82) is 0 Å². The maximum Gasteiger partial charge on any atom is 0.408 e. The molecule has 0 bridgehead atoms. The lowest BCUT2D eigenvalue weighted by Crippen LogP contribution is -2.49. The van der Waals surface area contributed by atoms with Crippen LogP contribution in [-0.2, 0) is 20.9 Å². The number of anilines is 2. The Kier molecular flexibility index (Phi) is 9.90. The summed E-state index contributed by atoms with van der Waals surface area (Å²) in [5, 5.41) is 6.03. The number of piperazine rings is 1. The van der Waals surface area contributed by atoms with E-state index in [-0.39, 0.29) is 25.0 Å². The summed E-state index contributed by atoms with van der Waals surface area (Å²) in [6.07, 6.45) is 2.79. The molecule has 2 amide bonds. The molecule has 4 rings (SSSR count). The van der Waals surface area contributed by atoms with E-state index in [0.717, 1.165) is 42.6 Å². The van der Waals surface area contributed by atoms with Crippen LogP contribution in [-0.4, -0.2) is 73.8 Å². The van der Waals surface area contributed by atoms with Crippen LogP contribution in [0, 0.1) is 0 Å². The first kappa shape index (κ1) is 28.8. The number of carbonyl (C=O) groups excluding carboxylic acids is 3. The number of carbonyl (C=O) groups is 3. The van der Waals surface area contributed by atoms with Gasteiger partial charge in [-0.15, -0.1) is 0 Å². The van der Waals surface area contributed by atoms with Crippen LogP contribution in [0.5, 0.6) is 0 Å². The molecular weight excluding hydrogens is 532 g/mol. The summed E-state index contributed by atoms with van der Waals surface area (Å²) in [7, 11) is 1.22. The van der Waals surface area contributed by atoms with Crippen molar-refractivity contribution in [1.82, 2.24) is 20.6 Å². The first-order valence-corrected chi connectivity index (χ1v) is 13.9. The smallest absolute Gasteiger partial charge is 0.408 e. The van der Waals surface area contributed by atoms with Crippen LogP contribution in [0.1, 0.15) is 40.7 Å². The van der Waals surface area contributed by atoms with E-state index in [1.165, 1.54) is 18.4 Å². The lowest BCUT2D eigenvalue weighted by Gasteiger charge is -2.35. The molecule has 0 aliphatic carbocycles. The molecule has 0 unspecified atom stereocenters. The standard InChI is InChI=1S/C28H34N6O5S/c1-19(2)23-24(40-27(32-23)34-15-13-33(14-16-34)21-9-11-29-12-10-21)25(35)30-17-22(26(36)38-3)31-28(37)39-18-20-7-5-4-6-8-20/h4-12,19,22H,13-18H2,1-3H3,(H,30,35)(H,31,37)/t22-/m0/s1. The highest BCUT2D eigenvalue weighted by molar-refractivity contribution is 7.17. The minimum Gasteiger partial charge on any atom is -0.467 e. The average Bonchev–Trinajstić information content (AvgIpc) is 3.45. The number of methoxy groups -OCH3 is 1. The number of rotatable bonds is 10. The fourth-order valence-corrected chi connectivity index (χ4v) is 5.43. The molecule has 0 saturated carbocycles. The number of hydrogen-bond acceptors (Lipinski definition) is 10. The minimum atomic E-state index is -1.12. The van der Waals surface area contributed by atoms with Gasteiger partial charge in [-0.1, -0.05) is 55.5 Å². The molecule has 212 valence electrons. The topological polar surface area (TPSA) is 126 Å². The third kappa shape index (κ3) is 7.47. The predicted molar refractivity (Wildman–Crippen MR) is 153 cm³/mol. The molecule has 3 heterocycles. The third-order valence-corrected chi connectivity index (χ3v) is 7.56. The molecule has 1 fully saturated rings. The van der Waals surface area contributed by atoms with Crippen molar-refractivity contribution in [3.05, 3.63) is 71.0 Å². The van der Waals surface area contributed by atoms with E-state index >= 15 is 0 Å². The zero-order valence-corrected chi connectivity index (χ0v) is 23.6. The Labute approximate surface area is 237 Å². The normalized spacial score (nSPS) is 14.0. The summed E-state index contributed by atoms with van der Waals surface area (Å²) in [6, 6.07) is 12.1. The summed E-state index contributed by atoms with van der Waals surface area (Å²) in [5.41, 5.74) is 2.63. The number of thiazole rings is 1. The van der Waals surface area contributed by atoms with Gasteiger partial charge in [-0.2, -0.15) is 0 Å². The van der Waals surface area contributed by atoms with Gasteiger partial charge < -0.3 is 29.9 Å². The quantitative estimate of drug-likeness (QED) is 0.356. The molecule has 1 aliphatic rings. The highest BCUT2D eigenvalue weighted by Crippen LogP contribution is 2.32. The molecule has 0 spiro atoms. The van der Waals surface area contributed by atoms with Crippen molar-refractivity contribution >= 4 is 40.1 Å². The van der Waals surface area contributed by atoms with Crippen LogP contribution in [0.2, 0.25) is 0 Å². The van der Waals surface area contributed by atoms with Gasteiger partial charge in [-0.3, -0.25) is 9.78 Å². The molecule has 1 aromatic carbocycles. The van der Waals surface area contributed by atoms with E-state index in [1.807, 2.05) is 56.3 Å². The van der Waals surface area contributed by atoms with Crippen LogP contribution < -0.4 is 20.4 Å². The van der Waals surface area contributed by atoms with Gasteiger partial charge in [0, 0.05) is 50.8 Å². The number of alkyl carbamates (subject to hydrolysis) is 1. The molecule has 1 aliphatic heterocycles. The lowest BCUT2D eigenvalue weighted by molar-refractivity contribution is -0.142. The number of esters is 1. The van der Waals surface area contributed by atoms with Crippen LogP contribution in [0.3, 0.4) is 0 Å². The molecule has 40 heavy (non-hydrogen) atoms. The monoisotopic (exact) mass is 566 g/mol. The molecule has 2 aromatic heterocycles. The Bertz CT molecular complexity index is 1280. The van der Waals surface area contributed by atoms with Gasteiger partial charge in [0.05, 0.1) is 12.8 Å². The van der Waals surface area contributed by atoms with E-state index in [4.69, 9.17) is 14.5 Å². The predicted octanol–water partition coefficient (Wildman–Crippen LogP) is 3.19. The molecule has 11 nitrogen and oxygen atoms in total. The zero-order valence-electron chi connectivity index (χ0n) is 22.8. The fraction of sp³-hybridized carbons (Fsp3) is 0.393. The fourth-order valence-electron chi connectivity index (χ4n) is 4.24. The van der Waals surface area contributed by atoms with Gasteiger partial charge in [-0.05, 0) is 23.6 Å². The molecule has 0 radical (unpaired) electrons. The highest BCUT2D eigenvalue weighted by Gasteiger charge is 2.28. The molecule has 1 saturated heterocycles. The Morgan fingerprint density at radius 1 is 1.00 bits per heavy atom. The maximum absolute atomic E-state index is 13.2. The SMILES string of the molecule is COC(=O)[C@H](CNC(=O)c1sc(N2CCN(c3ccncc3)CC2)nc1C(C)C)NC(=O)OCc1ccccc1.